The van der Waals surface area contributed by atoms with Crippen molar-refractivity contribution in [1.82, 2.24) is 9.55 Å². The SMILES string of the molecule is CC(C)(C)n1ccnc1CN.Cl.Cl. The van der Waals surface area contributed by atoms with Crippen molar-refractivity contribution in [3.8, 4) is 0 Å². The van der Waals surface area contributed by atoms with E-state index in [1.54, 1.807) is 6.20 Å². The number of imidazole rings is 1. The van der Waals surface area contributed by atoms with Crippen LogP contribution in [-0.2, 0) is 12.1 Å². The molecule has 1 heterocycles. The first kappa shape index (κ1) is 15.2. The molecule has 1 rings (SSSR count). The van der Waals surface area contributed by atoms with Gasteiger partial charge in [0.15, 0.2) is 0 Å². The van der Waals surface area contributed by atoms with Crippen molar-refractivity contribution >= 4 is 24.8 Å². The van der Waals surface area contributed by atoms with Crippen molar-refractivity contribution in [2.45, 2.75) is 32.9 Å². The number of rotatable bonds is 1. The topological polar surface area (TPSA) is 43.8 Å². The van der Waals surface area contributed by atoms with Crippen molar-refractivity contribution in [3.05, 3.63) is 18.2 Å². The highest BCUT2D eigenvalue weighted by atomic mass is 35.5. The van der Waals surface area contributed by atoms with Gasteiger partial charge < -0.3 is 10.3 Å². The second-order valence-electron chi connectivity index (χ2n) is 3.59. The Labute approximate surface area is 91.5 Å². The van der Waals surface area contributed by atoms with Crippen molar-refractivity contribution in [2.75, 3.05) is 0 Å². The van der Waals surface area contributed by atoms with Crippen molar-refractivity contribution in [3.63, 3.8) is 0 Å². The smallest absolute Gasteiger partial charge is 0.122 e. The van der Waals surface area contributed by atoms with Crippen LogP contribution in [0.5, 0.6) is 0 Å². The molecule has 0 aliphatic carbocycles. The van der Waals surface area contributed by atoms with E-state index in [0.717, 1.165) is 5.82 Å². The van der Waals surface area contributed by atoms with Crippen LogP contribution in [-0.4, -0.2) is 9.55 Å². The molecule has 1 aromatic heterocycles. The molecule has 3 nitrogen and oxygen atoms in total. The minimum atomic E-state index is 0. The Kier molecular flexibility index (Phi) is 6.41. The lowest BCUT2D eigenvalue weighted by atomic mass is 10.1. The summed E-state index contributed by atoms with van der Waals surface area (Å²) in [5.74, 6) is 0.942. The van der Waals surface area contributed by atoms with Gasteiger partial charge in [0.25, 0.3) is 0 Å². The van der Waals surface area contributed by atoms with Gasteiger partial charge in [0.1, 0.15) is 5.82 Å². The normalized spacial score (nSPS) is 10.2. The molecule has 0 bridgehead atoms. The van der Waals surface area contributed by atoms with Crippen LogP contribution in [0.3, 0.4) is 0 Å². The zero-order valence-electron chi connectivity index (χ0n) is 8.15. The minimum absolute atomic E-state index is 0. The van der Waals surface area contributed by atoms with Crippen LogP contribution in [0.25, 0.3) is 0 Å². The number of hydrogen-bond acceptors (Lipinski definition) is 2. The zero-order chi connectivity index (χ0) is 8.48. The standard InChI is InChI=1S/C8H15N3.2ClH/c1-8(2,3)11-5-4-10-7(11)6-9;;/h4-5H,6,9H2,1-3H3;2*1H. The lowest BCUT2D eigenvalue weighted by Crippen LogP contribution is -2.24. The van der Waals surface area contributed by atoms with E-state index in [-0.39, 0.29) is 30.4 Å². The average Bonchev–Trinajstić information content (AvgIpc) is 2.31. The predicted octanol–water partition coefficient (Wildman–Crippen LogP) is 1.94. The molecule has 0 unspecified atom stereocenters. The third-order valence-corrected chi connectivity index (χ3v) is 1.62. The Hall–Kier alpha value is -0.250. The summed E-state index contributed by atoms with van der Waals surface area (Å²) in [5.41, 5.74) is 5.60. The lowest BCUT2D eigenvalue weighted by Gasteiger charge is -2.22. The Bertz CT molecular complexity index is 240. The van der Waals surface area contributed by atoms with Gasteiger partial charge in [-0.05, 0) is 20.8 Å². The van der Waals surface area contributed by atoms with E-state index in [4.69, 9.17) is 5.73 Å². The van der Waals surface area contributed by atoms with Crippen LogP contribution >= 0.6 is 24.8 Å². The Morgan fingerprint density at radius 2 is 1.92 bits per heavy atom. The van der Waals surface area contributed by atoms with E-state index < -0.39 is 0 Å². The monoisotopic (exact) mass is 225 g/mol. The highest BCUT2D eigenvalue weighted by Crippen LogP contribution is 2.15. The second-order valence-corrected chi connectivity index (χ2v) is 3.59. The van der Waals surface area contributed by atoms with E-state index in [1.807, 2.05) is 6.20 Å². The van der Waals surface area contributed by atoms with Gasteiger partial charge in [-0.15, -0.1) is 24.8 Å². The van der Waals surface area contributed by atoms with Crippen LogP contribution in [0.15, 0.2) is 12.4 Å². The van der Waals surface area contributed by atoms with Gasteiger partial charge in [0.2, 0.25) is 0 Å². The molecule has 0 aliphatic heterocycles. The lowest BCUT2D eigenvalue weighted by molar-refractivity contribution is 0.383. The van der Waals surface area contributed by atoms with Crippen molar-refractivity contribution in [1.29, 1.82) is 0 Å². The van der Waals surface area contributed by atoms with Gasteiger partial charge in [0, 0.05) is 17.9 Å². The van der Waals surface area contributed by atoms with Gasteiger partial charge in [-0.2, -0.15) is 0 Å². The van der Waals surface area contributed by atoms with Crippen LogP contribution in [0.1, 0.15) is 26.6 Å². The van der Waals surface area contributed by atoms with E-state index >= 15 is 0 Å². The van der Waals surface area contributed by atoms with E-state index in [0.29, 0.717) is 6.54 Å². The van der Waals surface area contributed by atoms with Gasteiger partial charge in [-0.25, -0.2) is 4.98 Å². The summed E-state index contributed by atoms with van der Waals surface area (Å²) in [5, 5.41) is 0. The van der Waals surface area contributed by atoms with Gasteiger partial charge in [0.05, 0.1) is 6.54 Å². The van der Waals surface area contributed by atoms with Crippen LogP contribution < -0.4 is 5.73 Å². The van der Waals surface area contributed by atoms with Crippen molar-refractivity contribution < 1.29 is 0 Å². The fourth-order valence-electron chi connectivity index (χ4n) is 1.10. The molecule has 0 aromatic carbocycles. The van der Waals surface area contributed by atoms with Gasteiger partial charge >= 0.3 is 0 Å². The van der Waals surface area contributed by atoms with Crippen molar-refractivity contribution in [2.24, 2.45) is 5.73 Å². The molecular formula is C8H17Cl2N3. The van der Waals surface area contributed by atoms with Crippen LogP contribution in [0.4, 0.5) is 0 Å². The number of nitrogens with two attached hydrogens (primary N) is 1. The summed E-state index contributed by atoms with van der Waals surface area (Å²) in [4.78, 5) is 4.14. The molecule has 0 spiro atoms. The molecule has 2 N–H and O–H groups in total. The molecule has 5 heteroatoms. The minimum Gasteiger partial charge on any atom is -0.329 e. The summed E-state index contributed by atoms with van der Waals surface area (Å²) >= 11 is 0. The fourth-order valence-corrected chi connectivity index (χ4v) is 1.10. The summed E-state index contributed by atoms with van der Waals surface area (Å²) in [6.07, 6.45) is 3.75. The quantitative estimate of drug-likeness (QED) is 0.795. The first-order chi connectivity index (χ1) is 5.05. The molecule has 0 radical (unpaired) electrons. The second kappa shape index (κ2) is 5.47. The molecular weight excluding hydrogens is 209 g/mol. The molecule has 0 saturated carbocycles. The zero-order valence-corrected chi connectivity index (χ0v) is 9.78. The summed E-state index contributed by atoms with van der Waals surface area (Å²) < 4.78 is 2.09. The Balaban J connectivity index is 0. The largest absolute Gasteiger partial charge is 0.329 e. The van der Waals surface area contributed by atoms with Gasteiger partial charge in [-0.3, -0.25) is 0 Å². The molecule has 1 aromatic rings. The highest BCUT2D eigenvalue weighted by molar-refractivity contribution is 5.85. The maximum absolute atomic E-state index is 5.51. The van der Waals surface area contributed by atoms with Gasteiger partial charge in [-0.1, -0.05) is 0 Å². The Morgan fingerprint density at radius 3 is 2.23 bits per heavy atom. The first-order valence-electron chi connectivity index (χ1n) is 3.78. The fraction of sp³-hybridized carbons (Fsp3) is 0.625. The summed E-state index contributed by atoms with van der Waals surface area (Å²) in [7, 11) is 0. The molecule has 0 aliphatic rings. The summed E-state index contributed by atoms with van der Waals surface area (Å²) in [6, 6.07) is 0. The molecule has 0 atom stereocenters. The summed E-state index contributed by atoms with van der Waals surface area (Å²) in [6.45, 7) is 6.90. The first-order valence-corrected chi connectivity index (χ1v) is 3.78. The predicted molar refractivity (Wildman–Crippen MR) is 59.6 cm³/mol. The maximum Gasteiger partial charge on any atom is 0.122 e. The number of halogens is 2. The molecule has 0 amide bonds. The number of aromatic nitrogens is 2. The number of nitrogens with zero attached hydrogens (tertiary/aromatic N) is 2. The van der Waals surface area contributed by atoms with E-state index in [1.165, 1.54) is 0 Å². The Morgan fingerprint density at radius 1 is 1.38 bits per heavy atom. The molecule has 0 fully saturated rings. The maximum atomic E-state index is 5.51. The number of hydrogen-bond donors (Lipinski definition) is 1. The average molecular weight is 226 g/mol. The van der Waals surface area contributed by atoms with E-state index in [9.17, 15) is 0 Å². The molecule has 13 heavy (non-hydrogen) atoms. The third kappa shape index (κ3) is 3.55. The highest BCUT2D eigenvalue weighted by Gasteiger charge is 2.14. The molecule has 78 valence electrons. The van der Waals surface area contributed by atoms with Crippen LogP contribution in [0, 0.1) is 0 Å². The van der Waals surface area contributed by atoms with Crippen LogP contribution in [0.2, 0.25) is 0 Å². The third-order valence-electron chi connectivity index (χ3n) is 1.62. The van der Waals surface area contributed by atoms with E-state index in [2.05, 4.69) is 30.3 Å². The molecule has 0 saturated heterocycles.